The van der Waals surface area contributed by atoms with E-state index >= 15 is 0 Å². The van der Waals surface area contributed by atoms with Gasteiger partial charge in [0, 0.05) is 18.1 Å². The number of pyridine rings is 1. The highest BCUT2D eigenvalue weighted by molar-refractivity contribution is 9.10. The normalized spacial score (nSPS) is 15.7. The van der Waals surface area contributed by atoms with Gasteiger partial charge in [0.15, 0.2) is 12.0 Å². The Morgan fingerprint density at radius 3 is 2.88 bits per heavy atom. The molecule has 1 aromatic carbocycles. The van der Waals surface area contributed by atoms with Crippen LogP contribution in [-0.4, -0.2) is 21.2 Å². The molecule has 0 amide bonds. The van der Waals surface area contributed by atoms with Gasteiger partial charge >= 0.3 is 0 Å². The van der Waals surface area contributed by atoms with Gasteiger partial charge in [-0.05, 0) is 52.5 Å². The van der Waals surface area contributed by atoms with Crippen LogP contribution in [0.3, 0.4) is 0 Å². The lowest BCUT2D eigenvalue weighted by Crippen LogP contribution is -2.30. The van der Waals surface area contributed by atoms with E-state index in [9.17, 15) is 0 Å². The van der Waals surface area contributed by atoms with Gasteiger partial charge in [0.05, 0.1) is 4.47 Å². The maximum Gasteiger partial charge on any atom is 0.249 e. The van der Waals surface area contributed by atoms with Crippen molar-refractivity contribution < 1.29 is 4.84 Å². The van der Waals surface area contributed by atoms with Gasteiger partial charge in [0.1, 0.15) is 5.82 Å². The maximum absolute atomic E-state index is 5.73. The van der Waals surface area contributed by atoms with Gasteiger partial charge in [-0.15, -0.1) is 0 Å². The van der Waals surface area contributed by atoms with Crippen LogP contribution in [0, 0.1) is 0 Å². The van der Waals surface area contributed by atoms with Crippen LogP contribution in [0.1, 0.15) is 12.0 Å². The van der Waals surface area contributed by atoms with Crippen molar-refractivity contribution in [2.75, 3.05) is 16.1 Å². The molecule has 26 heavy (non-hydrogen) atoms. The van der Waals surface area contributed by atoms with E-state index in [1.165, 1.54) is 5.56 Å². The van der Waals surface area contributed by atoms with Crippen LogP contribution < -0.4 is 16.1 Å². The molecule has 3 heterocycles. The Balaban J connectivity index is 1.40. The molecule has 7 nitrogen and oxygen atoms in total. The third-order valence-electron chi connectivity index (χ3n) is 3.96. The lowest BCUT2D eigenvalue weighted by molar-refractivity contribution is 0.110. The molecule has 8 heteroatoms. The molecule has 132 valence electrons. The van der Waals surface area contributed by atoms with Crippen molar-refractivity contribution in [2.24, 2.45) is 0 Å². The number of hydrogen-bond acceptors (Lipinski definition) is 7. The van der Waals surface area contributed by atoms with Crippen LogP contribution in [0.25, 0.3) is 0 Å². The Morgan fingerprint density at radius 1 is 1.12 bits per heavy atom. The molecule has 2 aromatic heterocycles. The number of aryl methyl sites for hydroxylation is 1. The summed E-state index contributed by atoms with van der Waals surface area (Å²) in [4.78, 5) is 18.6. The molecule has 0 radical (unpaired) electrons. The monoisotopic (exact) mass is 412 g/mol. The van der Waals surface area contributed by atoms with Gasteiger partial charge in [0.25, 0.3) is 0 Å². The van der Waals surface area contributed by atoms with E-state index in [4.69, 9.17) is 4.84 Å². The quantitative estimate of drug-likeness (QED) is 0.543. The summed E-state index contributed by atoms with van der Waals surface area (Å²) in [6.07, 6.45) is 5.05. The molecule has 3 aromatic rings. The predicted molar refractivity (Wildman–Crippen MR) is 104 cm³/mol. The van der Waals surface area contributed by atoms with Gasteiger partial charge in [-0.25, -0.2) is 20.3 Å². The fraction of sp³-hybridized carbons (Fsp3) is 0.167. The average Bonchev–Trinajstić information content (AvgIpc) is 2.69. The molecule has 0 bridgehead atoms. The molecule has 1 aliphatic rings. The summed E-state index contributed by atoms with van der Waals surface area (Å²) in [5.74, 6) is 1.67. The third-order valence-corrected chi connectivity index (χ3v) is 4.54. The lowest BCUT2D eigenvalue weighted by atomic mass is 10.0. The standard InChI is InChI=1S/C18H17BrN6O/c19-13-11-21-18(24-17(13)23-15-7-3-4-10-20-15)25-26-16-9-8-12-5-1-2-6-14(12)22-16/h1-7,10-11,16,22H,8-9H2,(H2,20,21,23,24,25). The zero-order valence-corrected chi connectivity index (χ0v) is 15.4. The topological polar surface area (TPSA) is 84.0 Å². The molecule has 0 aliphatic carbocycles. The predicted octanol–water partition coefficient (Wildman–Crippen LogP) is 4.11. The van der Waals surface area contributed by atoms with Crippen molar-refractivity contribution in [1.82, 2.24) is 15.0 Å². The smallest absolute Gasteiger partial charge is 0.249 e. The van der Waals surface area contributed by atoms with Crippen LogP contribution in [0.4, 0.5) is 23.3 Å². The second-order valence-corrected chi connectivity index (χ2v) is 6.63. The Hall–Kier alpha value is -2.71. The summed E-state index contributed by atoms with van der Waals surface area (Å²) in [5, 5.41) is 6.50. The second-order valence-electron chi connectivity index (χ2n) is 5.78. The van der Waals surface area contributed by atoms with Crippen molar-refractivity contribution in [3.05, 3.63) is 64.9 Å². The first kappa shape index (κ1) is 16.7. The van der Waals surface area contributed by atoms with E-state index in [0.29, 0.717) is 17.6 Å². The Bertz CT molecular complexity index is 892. The number of aromatic nitrogens is 3. The minimum absolute atomic E-state index is 0.149. The number of halogens is 1. The number of anilines is 4. The Kier molecular flexibility index (Phi) is 4.94. The van der Waals surface area contributed by atoms with E-state index in [0.717, 1.165) is 23.0 Å². The van der Waals surface area contributed by atoms with Crippen molar-refractivity contribution >= 4 is 39.2 Å². The van der Waals surface area contributed by atoms with Crippen molar-refractivity contribution in [1.29, 1.82) is 0 Å². The van der Waals surface area contributed by atoms with Crippen LogP contribution in [0.5, 0.6) is 0 Å². The van der Waals surface area contributed by atoms with Gasteiger partial charge in [0.2, 0.25) is 5.95 Å². The highest BCUT2D eigenvalue weighted by Crippen LogP contribution is 2.26. The number of benzene rings is 1. The number of nitrogens with one attached hydrogen (secondary N) is 3. The first-order chi connectivity index (χ1) is 12.8. The molecule has 0 saturated carbocycles. The zero-order chi connectivity index (χ0) is 17.8. The largest absolute Gasteiger partial charge is 0.358 e. The minimum atomic E-state index is -0.149. The van der Waals surface area contributed by atoms with Crippen LogP contribution in [0.15, 0.2) is 59.3 Å². The van der Waals surface area contributed by atoms with E-state index in [2.05, 4.69) is 59.1 Å². The summed E-state index contributed by atoms with van der Waals surface area (Å²) >= 11 is 3.44. The SMILES string of the molecule is Brc1cnc(NOC2CCc3ccccc3N2)nc1Nc1ccccn1. The van der Waals surface area contributed by atoms with Gasteiger partial charge in [-0.2, -0.15) is 4.98 Å². The molecule has 1 atom stereocenters. The van der Waals surface area contributed by atoms with Crippen molar-refractivity contribution in [3.63, 3.8) is 0 Å². The van der Waals surface area contributed by atoms with E-state index in [1.54, 1.807) is 12.4 Å². The molecule has 0 saturated heterocycles. The van der Waals surface area contributed by atoms with Gasteiger partial charge in [-0.1, -0.05) is 24.3 Å². The molecule has 1 unspecified atom stereocenters. The molecular weight excluding hydrogens is 396 g/mol. The first-order valence-corrected chi connectivity index (χ1v) is 9.04. The Labute approximate surface area is 159 Å². The highest BCUT2D eigenvalue weighted by Gasteiger charge is 2.18. The summed E-state index contributed by atoms with van der Waals surface area (Å²) < 4.78 is 0.735. The lowest BCUT2D eigenvalue weighted by Gasteiger charge is -2.26. The van der Waals surface area contributed by atoms with Crippen molar-refractivity contribution in [3.8, 4) is 0 Å². The molecule has 3 N–H and O–H groups in total. The summed E-state index contributed by atoms with van der Waals surface area (Å²) in [6.45, 7) is 0. The summed E-state index contributed by atoms with van der Waals surface area (Å²) in [7, 11) is 0. The van der Waals surface area contributed by atoms with Gasteiger partial charge < -0.3 is 10.6 Å². The second kappa shape index (κ2) is 7.67. The third kappa shape index (κ3) is 3.92. The Morgan fingerprint density at radius 2 is 2.00 bits per heavy atom. The number of hydrogen-bond donors (Lipinski definition) is 3. The number of fused-ring (bicyclic) bond motifs is 1. The zero-order valence-electron chi connectivity index (χ0n) is 13.8. The highest BCUT2D eigenvalue weighted by atomic mass is 79.9. The molecule has 0 spiro atoms. The van der Waals surface area contributed by atoms with Gasteiger partial charge in [-0.3, -0.25) is 0 Å². The average molecular weight is 413 g/mol. The van der Waals surface area contributed by atoms with E-state index in [1.807, 2.05) is 30.3 Å². The van der Waals surface area contributed by atoms with Crippen molar-refractivity contribution in [2.45, 2.75) is 19.1 Å². The molecule has 0 fully saturated rings. The molecule has 1 aliphatic heterocycles. The molecular formula is C18H17BrN6O. The first-order valence-electron chi connectivity index (χ1n) is 8.24. The van der Waals surface area contributed by atoms with Crippen LogP contribution in [-0.2, 0) is 11.3 Å². The summed E-state index contributed by atoms with van der Waals surface area (Å²) in [5.41, 5.74) is 5.23. The number of rotatable bonds is 5. The maximum atomic E-state index is 5.73. The summed E-state index contributed by atoms with van der Waals surface area (Å²) in [6, 6.07) is 13.9. The van der Waals surface area contributed by atoms with Crippen LogP contribution >= 0.6 is 15.9 Å². The molecule has 4 rings (SSSR count). The fourth-order valence-corrected chi connectivity index (χ4v) is 2.98. The van der Waals surface area contributed by atoms with E-state index in [-0.39, 0.29) is 6.23 Å². The number of para-hydroxylation sites is 1. The fourth-order valence-electron chi connectivity index (χ4n) is 2.69. The minimum Gasteiger partial charge on any atom is -0.358 e. The number of nitrogens with zero attached hydrogens (tertiary/aromatic N) is 3. The van der Waals surface area contributed by atoms with Crippen LogP contribution in [0.2, 0.25) is 0 Å². The van der Waals surface area contributed by atoms with E-state index < -0.39 is 0 Å².